The number of nitriles is 1. The van der Waals surface area contributed by atoms with Gasteiger partial charge in [-0.3, -0.25) is 0 Å². The number of halogens is 1. The van der Waals surface area contributed by atoms with Gasteiger partial charge in [0.1, 0.15) is 6.04 Å². The number of hydrogen-bond acceptors (Lipinski definition) is 2. The molecule has 0 saturated carbocycles. The van der Waals surface area contributed by atoms with Crippen molar-refractivity contribution >= 4 is 15.9 Å². The van der Waals surface area contributed by atoms with Crippen molar-refractivity contribution in [3.8, 4) is 6.07 Å². The summed E-state index contributed by atoms with van der Waals surface area (Å²) in [4.78, 5) is 1.86. The minimum absolute atomic E-state index is 0.126. The molecule has 1 atom stereocenters. The molecule has 0 saturated heterocycles. The van der Waals surface area contributed by atoms with E-state index in [1.54, 1.807) is 0 Å². The summed E-state index contributed by atoms with van der Waals surface area (Å²) in [5.41, 5.74) is 0. The van der Waals surface area contributed by atoms with Crippen LogP contribution in [0.25, 0.3) is 0 Å². The van der Waals surface area contributed by atoms with Crippen molar-refractivity contribution in [2.75, 3.05) is 7.05 Å². The van der Waals surface area contributed by atoms with Crippen molar-refractivity contribution < 1.29 is 0 Å². The smallest absolute Gasteiger partial charge is 0.136 e. The second kappa shape index (κ2) is 2.89. The second-order valence-electron chi connectivity index (χ2n) is 2.06. The zero-order valence-corrected chi connectivity index (χ0v) is 7.17. The summed E-state index contributed by atoms with van der Waals surface area (Å²) >= 11 is 3.32. The Morgan fingerprint density at radius 1 is 1.80 bits per heavy atom. The normalized spacial score (nSPS) is 23.9. The van der Waals surface area contributed by atoms with Gasteiger partial charge in [-0.15, -0.1) is 0 Å². The lowest BCUT2D eigenvalue weighted by Gasteiger charge is -2.23. The van der Waals surface area contributed by atoms with Gasteiger partial charge in [-0.05, 0) is 28.1 Å². The van der Waals surface area contributed by atoms with E-state index in [0.717, 1.165) is 4.61 Å². The first-order chi connectivity index (χ1) is 4.75. The van der Waals surface area contributed by atoms with Gasteiger partial charge in [0, 0.05) is 7.05 Å². The highest BCUT2D eigenvalue weighted by Crippen LogP contribution is 2.17. The van der Waals surface area contributed by atoms with Crippen molar-refractivity contribution in [2.45, 2.75) is 6.04 Å². The van der Waals surface area contributed by atoms with E-state index in [1.807, 2.05) is 30.2 Å². The van der Waals surface area contributed by atoms with E-state index in [1.165, 1.54) is 0 Å². The predicted molar refractivity (Wildman–Crippen MR) is 43.3 cm³/mol. The highest BCUT2D eigenvalue weighted by Gasteiger charge is 2.13. The zero-order chi connectivity index (χ0) is 7.56. The van der Waals surface area contributed by atoms with Crippen molar-refractivity contribution in [3.63, 3.8) is 0 Å². The molecule has 0 N–H and O–H groups in total. The quantitative estimate of drug-likeness (QED) is 0.554. The Balaban J connectivity index is 2.80. The van der Waals surface area contributed by atoms with Gasteiger partial charge in [0.15, 0.2) is 0 Å². The van der Waals surface area contributed by atoms with Crippen LogP contribution in [0.15, 0.2) is 22.8 Å². The molecule has 0 spiro atoms. The summed E-state index contributed by atoms with van der Waals surface area (Å²) in [6.45, 7) is 0. The van der Waals surface area contributed by atoms with Gasteiger partial charge in [0.05, 0.1) is 10.7 Å². The molecule has 0 aromatic rings. The maximum absolute atomic E-state index is 8.59. The van der Waals surface area contributed by atoms with E-state index in [2.05, 4.69) is 22.0 Å². The Kier molecular flexibility index (Phi) is 2.13. The van der Waals surface area contributed by atoms with E-state index in [0.29, 0.717) is 0 Å². The third kappa shape index (κ3) is 1.22. The summed E-state index contributed by atoms with van der Waals surface area (Å²) in [6, 6.07) is 2.03. The second-order valence-corrected chi connectivity index (χ2v) is 2.87. The van der Waals surface area contributed by atoms with Crippen LogP contribution in [0.1, 0.15) is 0 Å². The number of hydrogen-bond donors (Lipinski definition) is 0. The molecule has 0 aliphatic carbocycles. The zero-order valence-electron chi connectivity index (χ0n) is 5.58. The summed E-state index contributed by atoms with van der Waals surface area (Å²) in [5.74, 6) is 0. The van der Waals surface area contributed by atoms with Crippen molar-refractivity contribution in [1.29, 1.82) is 5.26 Å². The minimum Gasteiger partial charge on any atom is -0.350 e. The fraction of sp³-hybridized carbons (Fsp3) is 0.286. The van der Waals surface area contributed by atoms with E-state index in [4.69, 9.17) is 5.26 Å². The lowest BCUT2D eigenvalue weighted by molar-refractivity contribution is 0.432. The van der Waals surface area contributed by atoms with E-state index < -0.39 is 0 Å². The van der Waals surface area contributed by atoms with Gasteiger partial charge in [0.2, 0.25) is 0 Å². The average Bonchev–Trinajstić information content (AvgIpc) is 1.95. The number of likely N-dealkylation sites (N-methyl/N-ethyl adjacent to an activating group) is 1. The minimum atomic E-state index is -0.126. The van der Waals surface area contributed by atoms with Crippen molar-refractivity contribution in [1.82, 2.24) is 4.90 Å². The van der Waals surface area contributed by atoms with Crippen LogP contribution >= 0.6 is 15.9 Å². The van der Waals surface area contributed by atoms with E-state index >= 15 is 0 Å². The molecule has 1 heterocycles. The Morgan fingerprint density at radius 3 is 3.00 bits per heavy atom. The highest BCUT2D eigenvalue weighted by molar-refractivity contribution is 9.11. The maximum atomic E-state index is 8.59. The Hall–Kier alpha value is -0.750. The third-order valence-electron chi connectivity index (χ3n) is 1.41. The molecule has 0 radical (unpaired) electrons. The van der Waals surface area contributed by atoms with Gasteiger partial charge in [-0.2, -0.15) is 5.26 Å². The average molecular weight is 199 g/mol. The van der Waals surface area contributed by atoms with Gasteiger partial charge in [-0.25, -0.2) is 0 Å². The molecule has 0 bridgehead atoms. The van der Waals surface area contributed by atoms with Crippen LogP contribution in [-0.4, -0.2) is 18.0 Å². The molecule has 1 rings (SSSR count). The van der Waals surface area contributed by atoms with Crippen LogP contribution in [0.4, 0.5) is 0 Å². The molecule has 0 fully saturated rings. The number of allylic oxidation sites excluding steroid dienone is 2. The summed E-state index contributed by atoms with van der Waals surface area (Å²) in [5, 5.41) is 8.59. The maximum Gasteiger partial charge on any atom is 0.136 e. The molecule has 0 amide bonds. The van der Waals surface area contributed by atoms with Crippen LogP contribution in [0.3, 0.4) is 0 Å². The Labute approximate surface area is 68.6 Å². The number of rotatable bonds is 0. The molecule has 10 heavy (non-hydrogen) atoms. The summed E-state index contributed by atoms with van der Waals surface area (Å²) < 4.78 is 0.946. The molecule has 0 aromatic carbocycles. The fourth-order valence-electron chi connectivity index (χ4n) is 0.749. The van der Waals surface area contributed by atoms with E-state index in [9.17, 15) is 0 Å². The lowest BCUT2D eigenvalue weighted by Crippen LogP contribution is -2.27. The van der Waals surface area contributed by atoms with Crippen LogP contribution in [0, 0.1) is 11.3 Å². The monoisotopic (exact) mass is 198 g/mol. The van der Waals surface area contributed by atoms with Crippen LogP contribution in [0.5, 0.6) is 0 Å². The first kappa shape index (κ1) is 7.36. The highest BCUT2D eigenvalue weighted by atomic mass is 79.9. The SMILES string of the molecule is CN1C(Br)=CC=CC1C#N. The Morgan fingerprint density at radius 2 is 2.50 bits per heavy atom. The number of nitrogens with zero attached hydrogens (tertiary/aromatic N) is 2. The molecule has 1 unspecified atom stereocenters. The van der Waals surface area contributed by atoms with Gasteiger partial charge in [0.25, 0.3) is 0 Å². The molecular weight excluding hydrogens is 192 g/mol. The van der Waals surface area contributed by atoms with Gasteiger partial charge < -0.3 is 4.90 Å². The van der Waals surface area contributed by atoms with Crippen LogP contribution in [0.2, 0.25) is 0 Å². The fourth-order valence-corrected chi connectivity index (χ4v) is 1.12. The standard InChI is InChI=1S/C7H7BrN2/c1-10-6(5-9)3-2-4-7(10)8/h2-4,6H,1H3. The van der Waals surface area contributed by atoms with Crippen molar-refractivity contribution in [3.05, 3.63) is 22.8 Å². The lowest BCUT2D eigenvalue weighted by atomic mass is 10.2. The molecular formula is C7H7BrN2. The Bertz CT molecular complexity index is 224. The van der Waals surface area contributed by atoms with Crippen LogP contribution < -0.4 is 0 Å². The summed E-state index contributed by atoms with van der Waals surface area (Å²) in [6.07, 6.45) is 5.64. The first-order valence-electron chi connectivity index (χ1n) is 2.92. The van der Waals surface area contributed by atoms with Crippen LogP contribution in [-0.2, 0) is 0 Å². The van der Waals surface area contributed by atoms with Gasteiger partial charge >= 0.3 is 0 Å². The largest absolute Gasteiger partial charge is 0.350 e. The molecule has 1 aliphatic rings. The summed E-state index contributed by atoms with van der Waals surface area (Å²) in [7, 11) is 1.87. The molecule has 0 aromatic heterocycles. The molecule has 2 nitrogen and oxygen atoms in total. The first-order valence-corrected chi connectivity index (χ1v) is 3.71. The molecule has 1 aliphatic heterocycles. The molecule has 52 valence electrons. The third-order valence-corrected chi connectivity index (χ3v) is 2.24. The van der Waals surface area contributed by atoms with Crippen molar-refractivity contribution in [2.24, 2.45) is 0 Å². The molecule has 3 heteroatoms. The topological polar surface area (TPSA) is 27.0 Å². The van der Waals surface area contributed by atoms with Gasteiger partial charge in [-0.1, -0.05) is 6.08 Å². The van der Waals surface area contributed by atoms with E-state index in [-0.39, 0.29) is 6.04 Å². The predicted octanol–water partition coefficient (Wildman–Crippen LogP) is 1.62.